The molecule has 5 heteroatoms. The number of primary amides is 1. The molecule has 1 atom stereocenters. The molecule has 1 aromatic rings. The Bertz CT molecular complexity index is 472. The molecule has 20 heavy (non-hydrogen) atoms. The van der Waals surface area contributed by atoms with Crippen LogP contribution >= 0.6 is 15.9 Å². The molecule has 1 heterocycles. The summed E-state index contributed by atoms with van der Waals surface area (Å²) in [6.07, 6.45) is 1.71. The molecule has 0 aromatic heterocycles. The van der Waals surface area contributed by atoms with Crippen molar-refractivity contribution < 1.29 is 4.79 Å². The lowest BCUT2D eigenvalue weighted by Crippen LogP contribution is -2.55. The average Bonchev–Trinajstić information content (AvgIpc) is 2.69. The van der Waals surface area contributed by atoms with Crippen LogP contribution in [0, 0.1) is 0 Å². The quantitative estimate of drug-likeness (QED) is 0.879. The van der Waals surface area contributed by atoms with Gasteiger partial charge in [0.25, 0.3) is 0 Å². The zero-order valence-corrected chi connectivity index (χ0v) is 13.4. The number of hydrogen-bond acceptors (Lipinski definition) is 3. The maximum absolute atomic E-state index is 12.3. The van der Waals surface area contributed by atoms with E-state index in [4.69, 9.17) is 5.73 Å². The van der Waals surface area contributed by atoms with Crippen molar-refractivity contribution in [3.63, 3.8) is 0 Å². The van der Waals surface area contributed by atoms with Crippen LogP contribution in [0.2, 0.25) is 0 Å². The molecule has 3 N–H and O–H groups in total. The van der Waals surface area contributed by atoms with Crippen LogP contribution in [-0.2, 0) is 10.3 Å². The van der Waals surface area contributed by atoms with Gasteiger partial charge in [0, 0.05) is 24.1 Å². The second-order valence-corrected chi connectivity index (χ2v) is 6.09. The van der Waals surface area contributed by atoms with Crippen molar-refractivity contribution in [2.24, 2.45) is 5.73 Å². The zero-order chi connectivity index (χ0) is 14.6. The highest BCUT2D eigenvalue weighted by molar-refractivity contribution is 9.10. The molecule has 1 aliphatic heterocycles. The summed E-state index contributed by atoms with van der Waals surface area (Å²) in [7, 11) is 0. The second kappa shape index (κ2) is 6.70. The van der Waals surface area contributed by atoms with Crippen LogP contribution in [0.4, 0.5) is 0 Å². The number of nitrogens with zero attached hydrogens (tertiary/aromatic N) is 1. The van der Waals surface area contributed by atoms with Crippen molar-refractivity contribution >= 4 is 21.8 Å². The first kappa shape index (κ1) is 15.5. The van der Waals surface area contributed by atoms with Gasteiger partial charge in [-0.15, -0.1) is 0 Å². The monoisotopic (exact) mass is 339 g/mol. The molecule has 0 saturated carbocycles. The number of carbonyl (C=O) groups excluding carboxylic acids is 1. The van der Waals surface area contributed by atoms with E-state index < -0.39 is 5.54 Å². The summed E-state index contributed by atoms with van der Waals surface area (Å²) < 4.78 is 0.974. The van der Waals surface area contributed by atoms with Gasteiger partial charge in [0.2, 0.25) is 5.91 Å². The number of amides is 1. The largest absolute Gasteiger partial charge is 0.368 e. The fraction of sp³-hybridized carbons (Fsp3) is 0.533. The van der Waals surface area contributed by atoms with Crippen LogP contribution in [0.3, 0.4) is 0 Å². The Morgan fingerprint density at radius 2 is 2.25 bits per heavy atom. The molecule has 0 radical (unpaired) electrons. The molecule has 110 valence electrons. The SMILES string of the molecule is CCC(C(N)=O)(c1cccc(Br)c1)N1CCCNCC1. The predicted molar refractivity (Wildman–Crippen MR) is 84.4 cm³/mol. The van der Waals surface area contributed by atoms with Crippen molar-refractivity contribution in [3.8, 4) is 0 Å². The standard InChI is InChI=1S/C15H22BrN3O/c1-2-15(14(17)20,12-5-3-6-13(16)11-12)19-9-4-7-18-8-10-19/h3,5-6,11,18H,2,4,7-10H2,1H3,(H2,17,20). The van der Waals surface area contributed by atoms with Crippen LogP contribution in [-0.4, -0.2) is 37.0 Å². The van der Waals surface area contributed by atoms with Crippen molar-refractivity contribution in [1.29, 1.82) is 0 Å². The van der Waals surface area contributed by atoms with Gasteiger partial charge in [-0.05, 0) is 37.1 Å². The summed E-state index contributed by atoms with van der Waals surface area (Å²) in [6.45, 7) is 5.64. The zero-order valence-electron chi connectivity index (χ0n) is 11.9. The normalized spacial score (nSPS) is 20.1. The summed E-state index contributed by atoms with van der Waals surface area (Å²) in [6, 6.07) is 7.93. The van der Waals surface area contributed by atoms with Gasteiger partial charge in [-0.3, -0.25) is 9.69 Å². The van der Waals surface area contributed by atoms with Crippen LogP contribution in [0.5, 0.6) is 0 Å². The lowest BCUT2D eigenvalue weighted by molar-refractivity contribution is -0.131. The fourth-order valence-electron chi connectivity index (χ4n) is 3.06. The summed E-state index contributed by atoms with van der Waals surface area (Å²) in [5.74, 6) is -0.264. The van der Waals surface area contributed by atoms with Gasteiger partial charge in [0.15, 0.2) is 0 Å². The molecule has 0 bridgehead atoms. The number of halogens is 1. The third-order valence-corrected chi connectivity index (χ3v) is 4.59. The highest BCUT2D eigenvalue weighted by Gasteiger charge is 2.42. The van der Waals surface area contributed by atoms with Crippen LogP contribution in [0.1, 0.15) is 25.3 Å². The van der Waals surface area contributed by atoms with E-state index >= 15 is 0 Å². The van der Waals surface area contributed by atoms with E-state index in [1.807, 2.05) is 31.2 Å². The van der Waals surface area contributed by atoms with Crippen molar-refractivity contribution in [2.45, 2.75) is 25.3 Å². The van der Waals surface area contributed by atoms with Gasteiger partial charge >= 0.3 is 0 Å². The minimum absolute atomic E-state index is 0.264. The maximum atomic E-state index is 12.3. The molecule has 2 rings (SSSR count). The third-order valence-electron chi connectivity index (χ3n) is 4.10. The van der Waals surface area contributed by atoms with E-state index in [9.17, 15) is 4.79 Å². The molecule has 1 aliphatic rings. The molecule has 1 amide bonds. The van der Waals surface area contributed by atoms with Gasteiger partial charge in [0.05, 0.1) is 0 Å². The van der Waals surface area contributed by atoms with Crippen LogP contribution in [0.25, 0.3) is 0 Å². The number of rotatable bonds is 4. The topological polar surface area (TPSA) is 58.4 Å². The molecule has 1 fully saturated rings. The Balaban J connectivity index is 2.46. The lowest BCUT2D eigenvalue weighted by Gasteiger charge is -2.41. The molecule has 1 saturated heterocycles. The highest BCUT2D eigenvalue weighted by Crippen LogP contribution is 2.34. The summed E-state index contributed by atoms with van der Waals surface area (Å²) in [4.78, 5) is 14.6. The van der Waals surface area contributed by atoms with E-state index in [1.54, 1.807) is 0 Å². The number of nitrogens with one attached hydrogen (secondary N) is 1. The molecular formula is C15H22BrN3O. The number of benzene rings is 1. The van der Waals surface area contributed by atoms with Gasteiger partial charge in [-0.1, -0.05) is 35.0 Å². The Morgan fingerprint density at radius 3 is 2.90 bits per heavy atom. The van der Waals surface area contributed by atoms with Gasteiger partial charge in [-0.25, -0.2) is 0 Å². The highest BCUT2D eigenvalue weighted by atomic mass is 79.9. The number of nitrogens with two attached hydrogens (primary N) is 1. The average molecular weight is 340 g/mol. The van der Waals surface area contributed by atoms with E-state index in [0.717, 1.165) is 42.6 Å². The van der Waals surface area contributed by atoms with E-state index in [-0.39, 0.29) is 5.91 Å². The van der Waals surface area contributed by atoms with Gasteiger partial charge in [-0.2, -0.15) is 0 Å². The Kier molecular flexibility index (Phi) is 5.18. The minimum atomic E-state index is -0.712. The minimum Gasteiger partial charge on any atom is -0.368 e. The third kappa shape index (κ3) is 2.90. The van der Waals surface area contributed by atoms with Crippen molar-refractivity contribution in [3.05, 3.63) is 34.3 Å². The fourth-order valence-corrected chi connectivity index (χ4v) is 3.46. The summed E-state index contributed by atoms with van der Waals surface area (Å²) >= 11 is 3.49. The molecule has 0 spiro atoms. The molecule has 1 aromatic carbocycles. The first-order chi connectivity index (χ1) is 9.61. The van der Waals surface area contributed by atoms with E-state index in [2.05, 4.69) is 26.1 Å². The van der Waals surface area contributed by atoms with E-state index in [0.29, 0.717) is 6.42 Å². The molecular weight excluding hydrogens is 318 g/mol. The van der Waals surface area contributed by atoms with Gasteiger partial charge in [0.1, 0.15) is 5.54 Å². The molecule has 1 unspecified atom stereocenters. The first-order valence-corrected chi connectivity index (χ1v) is 7.92. The Labute approximate surface area is 128 Å². The Hall–Kier alpha value is -0.910. The lowest BCUT2D eigenvalue weighted by atomic mass is 9.84. The second-order valence-electron chi connectivity index (χ2n) is 5.18. The smallest absolute Gasteiger partial charge is 0.242 e. The van der Waals surface area contributed by atoms with E-state index in [1.165, 1.54) is 0 Å². The summed E-state index contributed by atoms with van der Waals surface area (Å²) in [5, 5.41) is 3.37. The maximum Gasteiger partial charge on any atom is 0.242 e. The van der Waals surface area contributed by atoms with Crippen molar-refractivity contribution in [2.75, 3.05) is 26.2 Å². The van der Waals surface area contributed by atoms with Crippen LogP contribution in [0.15, 0.2) is 28.7 Å². The predicted octanol–water partition coefficient (Wildman–Crippen LogP) is 1.84. The number of hydrogen-bond donors (Lipinski definition) is 2. The number of carbonyl (C=O) groups is 1. The van der Waals surface area contributed by atoms with Gasteiger partial charge < -0.3 is 11.1 Å². The van der Waals surface area contributed by atoms with Crippen molar-refractivity contribution in [1.82, 2.24) is 10.2 Å². The summed E-state index contributed by atoms with van der Waals surface area (Å²) in [5.41, 5.74) is 6.09. The first-order valence-electron chi connectivity index (χ1n) is 7.13. The molecule has 0 aliphatic carbocycles. The molecule has 4 nitrogen and oxygen atoms in total. The Morgan fingerprint density at radius 1 is 1.45 bits per heavy atom. The van der Waals surface area contributed by atoms with Crippen LogP contribution < -0.4 is 11.1 Å².